The second-order valence-corrected chi connectivity index (χ2v) is 15.0. The minimum absolute atomic E-state index is 0.0604. The molecule has 5 rings (SSSR count). The Labute approximate surface area is 313 Å². The summed E-state index contributed by atoms with van der Waals surface area (Å²) in [6.45, 7) is 15.4. The third-order valence-corrected chi connectivity index (χ3v) is 11.0. The topological polar surface area (TPSA) is 147 Å². The number of benzene rings is 1. The first-order valence-electron chi connectivity index (χ1n) is 19.0. The summed E-state index contributed by atoms with van der Waals surface area (Å²) < 4.78 is 24.1. The highest BCUT2D eigenvalue weighted by atomic mass is 16.6. The van der Waals surface area contributed by atoms with Crippen LogP contribution in [0.2, 0.25) is 0 Å². The third-order valence-electron chi connectivity index (χ3n) is 11.0. The fraction of sp³-hybridized carbons (Fsp3) is 0.650. The van der Waals surface area contributed by atoms with Crippen molar-refractivity contribution in [2.45, 2.75) is 81.9 Å². The molecule has 13 heteroatoms. The molecule has 53 heavy (non-hydrogen) atoms. The van der Waals surface area contributed by atoms with Gasteiger partial charge < -0.3 is 39.2 Å². The highest BCUT2D eigenvalue weighted by Crippen LogP contribution is 2.59. The number of nitrogens with zero attached hydrogens (tertiary/aromatic N) is 3. The van der Waals surface area contributed by atoms with Gasteiger partial charge in [0.05, 0.1) is 56.5 Å². The van der Waals surface area contributed by atoms with Gasteiger partial charge >= 0.3 is 5.97 Å². The van der Waals surface area contributed by atoms with Crippen LogP contribution in [-0.4, -0.2) is 140 Å². The van der Waals surface area contributed by atoms with E-state index in [4.69, 9.17) is 18.9 Å². The Hall–Kier alpha value is -3.62. The van der Waals surface area contributed by atoms with E-state index in [-0.39, 0.29) is 49.8 Å². The molecule has 4 heterocycles. The van der Waals surface area contributed by atoms with E-state index in [9.17, 15) is 24.3 Å². The lowest BCUT2D eigenvalue weighted by atomic mass is 9.70. The molecule has 0 saturated carbocycles. The van der Waals surface area contributed by atoms with Crippen LogP contribution < -0.4 is 5.32 Å². The number of nitrogens with one attached hydrogen (secondary N) is 1. The van der Waals surface area contributed by atoms with Gasteiger partial charge in [-0.15, -0.1) is 13.2 Å². The summed E-state index contributed by atoms with van der Waals surface area (Å²) in [5.41, 5.74) is -0.631. The van der Waals surface area contributed by atoms with Crippen LogP contribution >= 0.6 is 0 Å². The number of ether oxygens (including phenoxy) is 4. The first kappa shape index (κ1) is 40.6. The molecule has 1 aromatic rings. The zero-order valence-corrected chi connectivity index (χ0v) is 31.5. The molecular formula is C40H58N4O9. The lowest BCUT2D eigenvalue weighted by Gasteiger charge is -2.40. The van der Waals surface area contributed by atoms with Crippen LogP contribution in [0, 0.1) is 17.8 Å². The first-order chi connectivity index (χ1) is 25.6. The third kappa shape index (κ3) is 8.86. The first-order valence-corrected chi connectivity index (χ1v) is 19.0. The number of hydrogen-bond acceptors (Lipinski definition) is 10. The summed E-state index contributed by atoms with van der Waals surface area (Å²) in [7, 11) is 1.51. The average molecular weight is 739 g/mol. The van der Waals surface area contributed by atoms with E-state index < -0.39 is 53.7 Å². The van der Waals surface area contributed by atoms with Gasteiger partial charge in [0, 0.05) is 46.3 Å². The molecule has 0 radical (unpaired) electrons. The summed E-state index contributed by atoms with van der Waals surface area (Å²) in [4.78, 5) is 62.7. The Morgan fingerprint density at radius 2 is 1.89 bits per heavy atom. The molecule has 1 spiro atoms. The maximum atomic E-state index is 14.9. The Balaban J connectivity index is 1.48. The molecule has 3 amide bonds. The maximum Gasteiger partial charge on any atom is 0.313 e. The van der Waals surface area contributed by atoms with Crippen LogP contribution in [0.4, 0.5) is 0 Å². The zero-order valence-electron chi connectivity index (χ0n) is 31.5. The number of rotatable bonds is 20. The van der Waals surface area contributed by atoms with Crippen LogP contribution in [-0.2, 0) is 38.1 Å². The van der Waals surface area contributed by atoms with E-state index in [0.29, 0.717) is 57.6 Å². The number of esters is 1. The fourth-order valence-electron chi connectivity index (χ4n) is 8.68. The number of likely N-dealkylation sites (tertiary alicyclic amines) is 1. The SMILES string of the molecule is C=CCCC(=O)N[C@H](COC)[C@H](OC(=O)[C@@H]1[C@H]2C(=O)N([C@@H](CO)CC(C)C)[C@H](C(=O)N(CC=C)CCN3CCOCC3)[C@]23CC[C@H]1O3)c1ccccc1. The van der Waals surface area contributed by atoms with E-state index in [0.717, 1.165) is 13.1 Å². The van der Waals surface area contributed by atoms with E-state index in [1.165, 1.54) is 12.0 Å². The molecule has 13 nitrogen and oxygen atoms in total. The number of allylic oxidation sites excluding steroid dienone is 1. The van der Waals surface area contributed by atoms with Crippen molar-refractivity contribution >= 4 is 23.7 Å². The van der Waals surface area contributed by atoms with Gasteiger partial charge in [0.1, 0.15) is 17.7 Å². The predicted octanol–water partition coefficient (Wildman–Crippen LogP) is 2.50. The standard InChI is InChI=1S/C40H58N4O9/c1-6-8-14-32(46)41-30(26-50-5)35(28-12-10-9-11-13-28)52-39(49)33-31-15-16-40(53-31)34(33)37(47)44(29(25-45)24-27(3)4)36(40)38(48)43(17-7-2)19-18-42-20-22-51-23-21-42/h6-7,9-13,27,29-31,33-36,45H,1-2,8,14-26H2,3-5H3,(H,41,46)/t29-,30-,31-,33+,34+,35-,36-,40+/m1/s1. The summed E-state index contributed by atoms with van der Waals surface area (Å²) >= 11 is 0. The zero-order chi connectivity index (χ0) is 38.1. The summed E-state index contributed by atoms with van der Waals surface area (Å²) in [5, 5.41) is 13.7. The van der Waals surface area contributed by atoms with E-state index in [1.54, 1.807) is 17.1 Å². The Bertz CT molecular complexity index is 1440. The van der Waals surface area contributed by atoms with Crippen molar-refractivity contribution in [3.63, 3.8) is 0 Å². The van der Waals surface area contributed by atoms with Crippen molar-refractivity contribution in [2.75, 3.05) is 66.3 Å². The number of hydrogen-bond donors (Lipinski definition) is 2. The minimum Gasteiger partial charge on any atom is -0.455 e. The fourth-order valence-corrected chi connectivity index (χ4v) is 8.68. The number of amides is 3. The monoisotopic (exact) mass is 738 g/mol. The molecule has 292 valence electrons. The summed E-state index contributed by atoms with van der Waals surface area (Å²) in [6, 6.07) is 6.69. The highest BCUT2D eigenvalue weighted by Gasteiger charge is 2.75. The van der Waals surface area contributed by atoms with E-state index in [2.05, 4.69) is 23.4 Å². The van der Waals surface area contributed by atoms with Crippen molar-refractivity contribution in [1.82, 2.24) is 20.0 Å². The van der Waals surface area contributed by atoms with Crippen molar-refractivity contribution in [3.8, 4) is 0 Å². The highest BCUT2D eigenvalue weighted by molar-refractivity contribution is 5.98. The maximum absolute atomic E-state index is 14.9. The number of methoxy groups -OCH3 is 1. The van der Waals surface area contributed by atoms with Crippen LogP contribution in [0.15, 0.2) is 55.6 Å². The minimum atomic E-state index is -1.28. The lowest BCUT2D eigenvalue weighted by Crippen LogP contribution is -2.59. The average Bonchev–Trinajstić information content (AvgIpc) is 3.81. The Morgan fingerprint density at radius 1 is 1.15 bits per heavy atom. The molecule has 1 aromatic carbocycles. The molecule has 8 atom stereocenters. The van der Waals surface area contributed by atoms with Crippen LogP contribution in [0.25, 0.3) is 0 Å². The van der Waals surface area contributed by atoms with Gasteiger partial charge in [0.15, 0.2) is 0 Å². The summed E-state index contributed by atoms with van der Waals surface area (Å²) in [5.74, 6) is -3.43. The lowest BCUT2D eigenvalue weighted by molar-refractivity contribution is -0.163. The van der Waals surface area contributed by atoms with Gasteiger partial charge in [-0.25, -0.2) is 0 Å². The number of carbonyl (C=O) groups is 4. The smallest absolute Gasteiger partial charge is 0.313 e. The van der Waals surface area contributed by atoms with E-state index in [1.807, 2.05) is 44.2 Å². The van der Waals surface area contributed by atoms with Crippen LogP contribution in [0.5, 0.6) is 0 Å². The molecule has 2 bridgehead atoms. The predicted molar refractivity (Wildman–Crippen MR) is 197 cm³/mol. The van der Waals surface area contributed by atoms with Gasteiger partial charge in [-0.05, 0) is 37.2 Å². The molecule has 0 aliphatic carbocycles. The van der Waals surface area contributed by atoms with Crippen molar-refractivity contribution in [2.24, 2.45) is 17.8 Å². The molecule has 2 N–H and O–H groups in total. The Kier molecular flexibility index (Phi) is 14.2. The molecule has 0 unspecified atom stereocenters. The number of carbonyl (C=O) groups excluding carboxylic acids is 4. The number of aliphatic hydroxyl groups excluding tert-OH is 1. The van der Waals surface area contributed by atoms with Crippen molar-refractivity contribution in [1.29, 1.82) is 0 Å². The van der Waals surface area contributed by atoms with E-state index >= 15 is 0 Å². The second-order valence-electron chi connectivity index (χ2n) is 15.0. The van der Waals surface area contributed by atoms with Crippen molar-refractivity contribution in [3.05, 3.63) is 61.2 Å². The normalized spacial score (nSPS) is 26.9. The number of fused-ring (bicyclic) bond motifs is 1. The largest absolute Gasteiger partial charge is 0.455 e. The molecule has 4 aliphatic rings. The molecule has 4 aliphatic heterocycles. The quantitative estimate of drug-likeness (QED) is 0.151. The van der Waals surface area contributed by atoms with Gasteiger partial charge in [0.25, 0.3) is 0 Å². The van der Waals surface area contributed by atoms with Gasteiger partial charge in [-0.3, -0.25) is 24.1 Å². The Morgan fingerprint density at radius 3 is 2.53 bits per heavy atom. The van der Waals surface area contributed by atoms with Crippen LogP contribution in [0.3, 0.4) is 0 Å². The van der Waals surface area contributed by atoms with Gasteiger partial charge in [-0.2, -0.15) is 0 Å². The molecule has 0 aromatic heterocycles. The summed E-state index contributed by atoms with van der Waals surface area (Å²) in [6.07, 6.45) is 3.76. The van der Waals surface area contributed by atoms with Crippen LogP contribution in [0.1, 0.15) is 57.6 Å². The number of aliphatic hydroxyl groups is 1. The van der Waals surface area contributed by atoms with Gasteiger partial charge in [0.2, 0.25) is 17.7 Å². The molecular weight excluding hydrogens is 680 g/mol. The second kappa shape index (κ2) is 18.6. The van der Waals surface area contributed by atoms with Gasteiger partial charge in [-0.1, -0.05) is 56.3 Å². The molecule has 4 saturated heterocycles. The van der Waals surface area contributed by atoms with Crippen molar-refractivity contribution < 1.29 is 43.2 Å². The molecule has 4 fully saturated rings. The number of morpholine rings is 1.